The summed E-state index contributed by atoms with van der Waals surface area (Å²) in [5.74, 6) is 0. The number of aromatic nitrogens is 1. The van der Waals surface area contributed by atoms with E-state index >= 15 is 0 Å². The van der Waals surface area contributed by atoms with E-state index in [1.165, 1.54) is 99.7 Å². The summed E-state index contributed by atoms with van der Waals surface area (Å²) in [6.45, 7) is 18.9. The molecule has 0 atom stereocenters. The van der Waals surface area contributed by atoms with Crippen molar-refractivity contribution in [3.8, 4) is 33.4 Å². The SMILES string of the molecule is CC(C)(C)c1ccc2c(c1)c1cc(C(C)(C)C)cc3c1n2B1c2ccc(-c4ccccc4)cc2N(c2cccc4c2oc2ccccc24)c2cc4c(c-3c21)C(C)(C)c1ccccc1-4. The molecule has 2 aliphatic heterocycles. The molecular weight excluding hydrogens is 763 g/mol. The predicted octanol–water partition coefficient (Wildman–Crippen LogP) is 14.7. The maximum absolute atomic E-state index is 6.95. The number of hydrogen-bond acceptors (Lipinski definition) is 2. The van der Waals surface area contributed by atoms with Gasteiger partial charge in [-0.05, 0) is 120 Å². The summed E-state index contributed by atoms with van der Waals surface area (Å²) >= 11 is 0. The summed E-state index contributed by atoms with van der Waals surface area (Å²) in [6.07, 6.45) is 0. The first-order valence-corrected chi connectivity index (χ1v) is 22.6. The van der Waals surface area contributed by atoms with E-state index in [4.69, 9.17) is 4.42 Å². The summed E-state index contributed by atoms with van der Waals surface area (Å²) in [5.41, 5.74) is 23.5. The molecule has 4 heteroatoms. The third-order valence-corrected chi connectivity index (χ3v) is 14.8. The van der Waals surface area contributed by atoms with Gasteiger partial charge in [-0.25, -0.2) is 0 Å². The van der Waals surface area contributed by atoms with E-state index in [0.717, 1.165) is 27.6 Å². The van der Waals surface area contributed by atoms with Crippen LogP contribution in [0.2, 0.25) is 0 Å². The summed E-state index contributed by atoms with van der Waals surface area (Å²) in [6, 6.07) is 57.3. The fourth-order valence-electron chi connectivity index (χ4n) is 11.7. The number of rotatable bonds is 2. The molecule has 3 aliphatic rings. The largest absolute Gasteiger partial charge is 0.454 e. The van der Waals surface area contributed by atoms with Gasteiger partial charge in [0.05, 0.1) is 5.69 Å². The van der Waals surface area contributed by atoms with E-state index in [0.29, 0.717) is 0 Å². The molecule has 8 aromatic carbocycles. The molecule has 304 valence electrons. The fraction of sp³-hybridized carbons (Fsp3) is 0.186. The van der Waals surface area contributed by atoms with Crippen molar-refractivity contribution in [2.24, 2.45) is 0 Å². The van der Waals surface area contributed by atoms with E-state index in [-0.39, 0.29) is 23.1 Å². The van der Waals surface area contributed by atoms with Crippen LogP contribution < -0.4 is 15.8 Å². The predicted molar refractivity (Wildman–Crippen MR) is 268 cm³/mol. The Labute approximate surface area is 369 Å². The van der Waals surface area contributed by atoms with Crippen molar-refractivity contribution in [3.63, 3.8) is 0 Å². The molecule has 0 amide bonds. The number of anilines is 3. The zero-order valence-corrected chi connectivity index (χ0v) is 37.3. The highest BCUT2D eigenvalue weighted by Crippen LogP contribution is 2.58. The Kier molecular flexibility index (Phi) is 7.15. The van der Waals surface area contributed by atoms with Crippen LogP contribution >= 0.6 is 0 Å². The first-order chi connectivity index (χ1) is 30.3. The second kappa shape index (κ2) is 12.2. The molecule has 0 saturated carbocycles. The lowest BCUT2D eigenvalue weighted by atomic mass is 9.44. The van der Waals surface area contributed by atoms with Gasteiger partial charge in [0.2, 0.25) is 0 Å². The number of hydrogen-bond donors (Lipinski definition) is 0. The minimum Gasteiger partial charge on any atom is -0.454 e. The van der Waals surface area contributed by atoms with Gasteiger partial charge >= 0.3 is 6.85 Å². The molecular formula is C59H49BN2O. The van der Waals surface area contributed by atoms with Crippen molar-refractivity contribution in [1.29, 1.82) is 0 Å². The average molecular weight is 813 g/mol. The molecule has 0 N–H and O–H groups in total. The van der Waals surface area contributed by atoms with Crippen LogP contribution in [0.4, 0.5) is 17.1 Å². The Morgan fingerprint density at radius 1 is 0.524 bits per heavy atom. The normalized spacial score (nSPS) is 14.7. The van der Waals surface area contributed by atoms with Crippen LogP contribution in [0.1, 0.15) is 77.6 Å². The zero-order chi connectivity index (χ0) is 42.9. The van der Waals surface area contributed by atoms with Gasteiger partial charge in [-0.15, -0.1) is 0 Å². The minimum absolute atomic E-state index is 0.00344. The van der Waals surface area contributed by atoms with Gasteiger partial charge < -0.3 is 13.8 Å². The maximum Gasteiger partial charge on any atom is 0.333 e. The van der Waals surface area contributed by atoms with Crippen molar-refractivity contribution < 1.29 is 4.42 Å². The van der Waals surface area contributed by atoms with Crippen molar-refractivity contribution in [3.05, 3.63) is 174 Å². The molecule has 0 fully saturated rings. The van der Waals surface area contributed by atoms with E-state index in [2.05, 4.69) is 216 Å². The Morgan fingerprint density at radius 2 is 1.25 bits per heavy atom. The fourth-order valence-corrected chi connectivity index (χ4v) is 11.7. The van der Waals surface area contributed by atoms with E-state index in [1.807, 2.05) is 0 Å². The number of fused-ring (bicyclic) bond motifs is 14. The van der Waals surface area contributed by atoms with Crippen molar-refractivity contribution in [2.45, 2.75) is 71.6 Å². The van der Waals surface area contributed by atoms with Crippen LogP contribution in [0.15, 0.2) is 156 Å². The molecule has 13 rings (SSSR count). The summed E-state index contributed by atoms with van der Waals surface area (Å²) in [4.78, 5) is 2.56. The Hall–Kier alpha value is -6.78. The van der Waals surface area contributed by atoms with Gasteiger partial charge in [0.1, 0.15) is 5.58 Å². The minimum atomic E-state index is -0.237. The average Bonchev–Trinajstić information content (AvgIpc) is 3.90. The van der Waals surface area contributed by atoms with E-state index in [9.17, 15) is 0 Å². The standard InChI is InChI=1S/C59H49BN2O/c1-57(2,3)36-26-28-47-41(30-36)43-31-37(58(4,5)6)32-44-52-53-42(38-19-12-14-22-45(38)59(53,7)8)33-50-54(52)60(62(47)55(43)44)46-27-25-35(34-17-10-9-11-18-34)29-49(46)61(50)48-23-16-21-40-39-20-13-15-24-51(39)63-56(40)48/h9-33H,1-8H3. The molecule has 3 nitrogen and oxygen atoms in total. The highest BCUT2D eigenvalue weighted by molar-refractivity contribution is 6.90. The summed E-state index contributed by atoms with van der Waals surface area (Å²) in [7, 11) is 0. The number of nitrogens with zero attached hydrogens (tertiary/aromatic N) is 2. The monoisotopic (exact) mass is 812 g/mol. The topological polar surface area (TPSA) is 21.3 Å². The molecule has 0 radical (unpaired) electrons. The van der Waals surface area contributed by atoms with Crippen LogP contribution in [0.3, 0.4) is 0 Å². The molecule has 4 heterocycles. The Balaban J connectivity index is 1.25. The highest BCUT2D eigenvalue weighted by Gasteiger charge is 2.49. The molecule has 0 bridgehead atoms. The van der Waals surface area contributed by atoms with Crippen molar-refractivity contribution >= 4 is 78.6 Å². The van der Waals surface area contributed by atoms with E-state index < -0.39 is 0 Å². The van der Waals surface area contributed by atoms with Gasteiger partial charge in [-0.1, -0.05) is 159 Å². The van der Waals surface area contributed by atoms with Gasteiger partial charge in [-0.2, -0.15) is 0 Å². The molecule has 0 spiro atoms. The zero-order valence-electron chi connectivity index (χ0n) is 37.3. The third kappa shape index (κ3) is 4.87. The van der Waals surface area contributed by atoms with Crippen molar-refractivity contribution in [2.75, 3.05) is 4.90 Å². The molecule has 0 unspecified atom stereocenters. The van der Waals surface area contributed by atoms with Crippen LogP contribution in [-0.4, -0.2) is 11.3 Å². The molecule has 10 aromatic rings. The molecule has 1 aliphatic carbocycles. The van der Waals surface area contributed by atoms with Gasteiger partial charge in [0.25, 0.3) is 0 Å². The van der Waals surface area contributed by atoms with Gasteiger partial charge in [0, 0.05) is 54.9 Å². The van der Waals surface area contributed by atoms with Crippen LogP contribution in [-0.2, 0) is 16.2 Å². The quantitative estimate of drug-likeness (QED) is 0.162. The number of benzene rings is 8. The van der Waals surface area contributed by atoms with Crippen molar-refractivity contribution in [1.82, 2.24) is 4.48 Å². The smallest absolute Gasteiger partial charge is 0.333 e. The third-order valence-electron chi connectivity index (χ3n) is 14.8. The first kappa shape index (κ1) is 36.8. The van der Waals surface area contributed by atoms with Crippen LogP contribution in [0.25, 0.3) is 77.1 Å². The Morgan fingerprint density at radius 3 is 2.06 bits per heavy atom. The second-order valence-electron chi connectivity index (χ2n) is 20.9. The second-order valence-corrected chi connectivity index (χ2v) is 20.9. The lowest BCUT2D eigenvalue weighted by molar-refractivity contribution is 0.590. The maximum atomic E-state index is 6.95. The highest BCUT2D eigenvalue weighted by atomic mass is 16.3. The van der Waals surface area contributed by atoms with Gasteiger partial charge in [0.15, 0.2) is 5.58 Å². The number of para-hydroxylation sites is 2. The summed E-state index contributed by atoms with van der Waals surface area (Å²) in [5, 5.41) is 4.93. The van der Waals surface area contributed by atoms with E-state index in [1.54, 1.807) is 0 Å². The molecule has 0 saturated heterocycles. The first-order valence-electron chi connectivity index (χ1n) is 22.6. The van der Waals surface area contributed by atoms with Gasteiger partial charge in [-0.3, -0.25) is 0 Å². The van der Waals surface area contributed by atoms with Crippen LogP contribution in [0.5, 0.6) is 0 Å². The molecule has 63 heavy (non-hydrogen) atoms. The lowest BCUT2D eigenvalue weighted by Gasteiger charge is -2.42. The summed E-state index contributed by atoms with van der Waals surface area (Å²) < 4.78 is 9.68. The number of furan rings is 1. The lowest BCUT2D eigenvalue weighted by Crippen LogP contribution is -2.57. The molecule has 2 aromatic heterocycles. The Bertz CT molecular complexity index is 3630. The van der Waals surface area contributed by atoms with Crippen LogP contribution in [0, 0.1) is 0 Å².